The maximum absolute atomic E-state index is 12.6. The standard InChI is InChI=1S/C14H16N4O2/c1-17-13-11(12(15)16-17)9-5-3-4-6-10(9)14(19)18(13)7-8-20-2/h3-6H,7-8H2,1-2H3,(H2,15,16). The highest BCUT2D eigenvalue weighted by molar-refractivity contribution is 6.09. The van der Waals surface area contributed by atoms with Gasteiger partial charge in [-0.15, -0.1) is 0 Å². The average molecular weight is 272 g/mol. The van der Waals surface area contributed by atoms with Crippen molar-refractivity contribution in [3.8, 4) is 0 Å². The van der Waals surface area contributed by atoms with Gasteiger partial charge in [-0.05, 0) is 6.07 Å². The zero-order valence-corrected chi connectivity index (χ0v) is 11.5. The summed E-state index contributed by atoms with van der Waals surface area (Å²) in [6, 6.07) is 7.46. The van der Waals surface area contributed by atoms with E-state index in [1.807, 2.05) is 24.3 Å². The molecular weight excluding hydrogens is 256 g/mol. The molecule has 0 atom stereocenters. The third kappa shape index (κ3) is 1.69. The minimum absolute atomic E-state index is 0.0480. The van der Waals surface area contributed by atoms with E-state index in [0.717, 1.165) is 16.4 Å². The van der Waals surface area contributed by atoms with E-state index in [9.17, 15) is 4.79 Å². The van der Waals surface area contributed by atoms with Gasteiger partial charge in [0.1, 0.15) is 5.65 Å². The number of benzene rings is 1. The molecule has 2 aromatic heterocycles. The number of hydrogen-bond donors (Lipinski definition) is 1. The van der Waals surface area contributed by atoms with Gasteiger partial charge in [0.15, 0.2) is 5.82 Å². The highest BCUT2D eigenvalue weighted by atomic mass is 16.5. The van der Waals surface area contributed by atoms with Crippen LogP contribution in [0.15, 0.2) is 29.1 Å². The second kappa shape index (κ2) is 4.64. The van der Waals surface area contributed by atoms with Crippen LogP contribution in [0.25, 0.3) is 21.8 Å². The molecule has 0 bridgehead atoms. The molecule has 0 unspecified atom stereocenters. The lowest BCUT2D eigenvalue weighted by Gasteiger charge is -2.10. The van der Waals surface area contributed by atoms with Crippen molar-refractivity contribution in [1.29, 1.82) is 0 Å². The molecule has 0 spiro atoms. The number of aromatic nitrogens is 3. The molecule has 0 saturated heterocycles. The van der Waals surface area contributed by atoms with E-state index in [1.54, 1.807) is 23.4 Å². The number of pyridine rings is 1. The first-order chi connectivity index (χ1) is 9.65. The number of ether oxygens (including phenoxy) is 1. The molecule has 0 aliphatic carbocycles. The fourth-order valence-electron chi connectivity index (χ4n) is 2.62. The molecule has 6 nitrogen and oxygen atoms in total. The van der Waals surface area contributed by atoms with Crippen molar-refractivity contribution in [3.05, 3.63) is 34.6 Å². The summed E-state index contributed by atoms with van der Waals surface area (Å²) in [6.45, 7) is 0.925. The molecule has 104 valence electrons. The molecule has 6 heteroatoms. The third-order valence-electron chi connectivity index (χ3n) is 3.49. The summed E-state index contributed by atoms with van der Waals surface area (Å²) in [7, 11) is 3.40. The zero-order chi connectivity index (χ0) is 14.3. The summed E-state index contributed by atoms with van der Waals surface area (Å²) in [6.07, 6.45) is 0. The van der Waals surface area contributed by atoms with Crippen molar-refractivity contribution < 1.29 is 4.74 Å². The highest BCUT2D eigenvalue weighted by Gasteiger charge is 2.16. The number of aryl methyl sites for hydroxylation is 1. The Hall–Kier alpha value is -2.34. The van der Waals surface area contributed by atoms with Gasteiger partial charge in [0, 0.05) is 24.9 Å². The molecule has 0 saturated carbocycles. The fraction of sp³-hybridized carbons (Fsp3) is 0.286. The Bertz CT molecular complexity index is 848. The van der Waals surface area contributed by atoms with E-state index >= 15 is 0 Å². The predicted molar refractivity (Wildman–Crippen MR) is 78.8 cm³/mol. The lowest BCUT2D eigenvalue weighted by atomic mass is 10.1. The van der Waals surface area contributed by atoms with E-state index in [0.29, 0.717) is 24.4 Å². The molecule has 0 aliphatic heterocycles. The normalized spacial score (nSPS) is 11.5. The van der Waals surface area contributed by atoms with Gasteiger partial charge < -0.3 is 10.5 Å². The topological polar surface area (TPSA) is 75.1 Å². The Kier molecular flexibility index (Phi) is 2.94. The molecule has 2 heterocycles. The molecular formula is C14H16N4O2. The smallest absolute Gasteiger partial charge is 0.260 e. The van der Waals surface area contributed by atoms with Crippen LogP contribution in [0.5, 0.6) is 0 Å². The van der Waals surface area contributed by atoms with E-state index in [1.165, 1.54) is 0 Å². The van der Waals surface area contributed by atoms with Crippen LogP contribution in [0.3, 0.4) is 0 Å². The van der Waals surface area contributed by atoms with Gasteiger partial charge in [-0.3, -0.25) is 9.36 Å². The number of methoxy groups -OCH3 is 1. The molecule has 20 heavy (non-hydrogen) atoms. The maximum atomic E-state index is 12.6. The molecule has 2 N–H and O–H groups in total. The van der Waals surface area contributed by atoms with Crippen LogP contribution in [0.4, 0.5) is 5.82 Å². The predicted octanol–water partition coefficient (Wildman–Crippen LogP) is 1.12. The molecule has 0 radical (unpaired) electrons. The maximum Gasteiger partial charge on any atom is 0.260 e. The molecule has 0 amide bonds. The largest absolute Gasteiger partial charge is 0.383 e. The number of nitrogens with zero attached hydrogens (tertiary/aromatic N) is 3. The minimum atomic E-state index is -0.0480. The van der Waals surface area contributed by atoms with E-state index in [-0.39, 0.29) is 5.56 Å². The Morgan fingerprint density at radius 2 is 2.00 bits per heavy atom. The van der Waals surface area contributed by atoms with Gasteiger partial charge in [0.05, 0.1) is 18.5 Å². The van der Waals surface area contributed by atoms with Crippen molar-refractivity contribution in [2.75, 3.05) is 19.5 Å². The van der Waals surface area contributed by atoms with Crippen molar-refractivity contribution in [2.24, 2.45) is 7.05 Å². The van der Waals surface area contributed by atoms with Crippen LogP contribution >= 0.6 is 0 Å². The number of anilines is 1. The first-order valence-corrected chi connectivity index (χ1v) is 6.37. The van der Waals surface area contributed by atoms with Crippen molar-refractivity contribution in [2.45, 2.75) is 6.54 Å². The second-order valence-corrected chi connectivity index (χ2v) is 4.70. The Morgan fingerprint density at radius 3 is 2.70 bits per heavy atom. The first kappa shape index (κ1) is 12.7. The number of rotatable bonds is 3. The van der Waals surface area contributed by atoms with Crippen molar-refractivity contribution in [3.63, 3.8) is 0 Å². The Balaban J connectivity index is 2.51. The lowest BCUT2D eigenvalue weighted by molar-refractivity contribution is 0.187. The highest BCUT2D eigenvalue weighted by Crippen LogP contribution is 2.26. The summed E-state index contributed by atoms with van der Waals surface area (Å²) in [4.78, 5) is 12.6. The summed E-state index contributed by atoms with van der Waals surface area (Å²) in [5.74, 6) is 0.435. The second-order valence-electron chi connectivity index (χ2n) is 4.70. The van der Waals surface area contributed by atoms with Gasteiger partial charge in [-0.25, -0.2) is 4.68 Å². The minimum Gasteiger partial charge on any atom is -0.383 e. The van der Waals surface area contributed by atoms with Gasteiger partial charge in [0.2, 0.25) is 0 Å². The van der Waals surface area contributed by atoms with Crippen LogP contribution in [-0.2, 0) is 18.3 Å². The zero-order valence-electron chi connectivity index (χ0n) is 11.5. The van der Waals surface area contributed by atoms with Crippen molar-refractivity contribution in [1.82, 2.24) is 14.3 Å². The van der Waals surface area contributed by atoms with Crippen LogP contribution in [0.1, 0.15) is 0 Å². The van der Waals surface area contributed by atoms with Gasteiger partial charge in [0.25, 0.3) is 5.56 Å². The van der Waals surface area contributed by atoms with Gasteiger partial charge in [-0.1, -0.05) is 18.2 Å². The molecule has 3 rings (SSSR count). The first-order valence-electron chi connectivity index (χ1n) is 6.37. The quantitative estimate of drug-likeness (QED) is 0.775. The fourth-order valence-corrected chi connectivity index (χ4v) is 2.62. The summed E-state index contributed by atoms with van der Waals surface area (Å²) in [5.41, 5.74) is 6.69. The summed E-state index contributed by atoms with van der Waals surface area (Å²) >= 11 is 0. The molecule has 0 fully saturated rings. The number of fused-ring (bicyclic) bond motifs is 3. The van der Waals surface area contributed by atoms with Crippen LogP contribution in [0, 0.1) is 0 Å². The van der Waals surface area contributed by atoms with Gasteiger partial charge in [-0.2, -0.15) is 5.10 Å². The Labute approximate surface area is 115 Å². The number of hydrogen-bond acceptors (Lipinski definition) is 4. The van der Waals surface area contributed by atoms with Crippen LogP contribution in [0.2, 0.25) is 0 Å². The SMILES string of the molecule is COCCn1c(=O)c2ccccc2c2c(N)nn(C)c21. The third-order valence-corrected chi connectivity index (χ3v) is 3.49. The Morgan fingerprint density at radius 1 is 1.30 bits per heavy atom. The van der Waals surface area contributed by atoms with E-state index < -0.39 is 0 Å². The number of nitrogens with two attached hydrogens (primary N) is 1. The summed E-state index contributed by atoms with van der Waals surface area (Å²) in [5, 5.41) is 6.55. The van der Waals surface area contributed by atoms with E-state index in [4.69, 9.17) is 10.5 Å². The number of nitrogen functional groups attached to an aromatic ring is 1. The molecule has 1 aromatic carbocycles. The monoisotopic (exact) mass is 272 g/mol. The van der Waals surface area contributed by atoms with Crippen LogP contribution < -0.4 is 11.3 Å². The van der Waals surface area contributed by atoms with Crippen molar-refractivity contribution >= 4 is 27.6 Å². The van der Waals surface area contributed by atoms with Crippen LogP contribution in [-0.4, -0.2) is 28.1 Å². The molecule has 3 aromatic rings. The lowest BCUT2D eigenvalue weighted by Crippen LogP contribution is -2.24. The van der Waals surface area contributed by atoms with Gasteiger partial charge >= 0.3 is 0 Å². The summed E-state index contributed by atoms with van der Waals surface area (Å²) < 4.78 is 8.41. The van der Waals surface area contributed by atoms with E-state index in [2.05, 4.69) is 5.10 Å². The average Bonchev–Trinajstić information content (AvgIpc) is 2.74. The molecule has 0 aliphatic rings.